The van der Waals surface area contributed by atoms with Crippen LogP contribution >= 0.6 is 11.6 Å². The topological polar surface area (TPSA) is 72.5 Å². The molecule has 0 saturated heterocycles. The minimum atomic E-state index is -3.77. The molecule has 0 spiro atoms. The van der Waals surface area contributed by atoms with Crippen molar-refractivity contribution in [2.24, 2.45) is 0 Å². The highest BCUT2D eigenvalue weighted by molar-refractivity contribution is 7.89. The van der Waals surface area contributed by atoms with Crippen LogP contribution < -0.4 is 9.46 Å². The van der Waals surface area contributed by atoms with Gasteiger partial charge in [0.05, 0.1) is 18.0 Å². The van der Waals surface area contributed by atoms with Crippen LogP contribution in [0.15, 0.2) is 23.1 Å². The molecule has 100 valence electrons. The zero-order valence-electron chi connectivity index (χ0n) is 10.2. The summed E-state index contributed by atoms with van der Waals surface area (Å²) >= 11 is 5.22. The highest BCUT2D eigenvalue weighted by atomic mass is 35.5. The molecule has 0 aliphatic carbocycles. The third-order valence-corrected chi connectivity index (χ3v) is 4.37. The van der Waals surface area contributed by atoms with E-state index < -0.39 is 21.3 Å². The van der Waals surface area contributed by atoms with Crippen LogP contribution in [-0.4, -0.2) is 26.8 Å². The zero-order chi connectivity index (χ0) is 13.9. The fraction of sp³-hybridized carbons (Fsp3) is 0.364. The molecule has 0 amide bonds. The lowest BCUT2D eigenvalue weighted by atomic mass is 10.2. The first-order valence-corrected chi connectivity index (χ1v) is 7.00. The van der Waals surface area contributed by atoms with Gasteiger partial charge in [-0.05, 0) is 49.2 Å². The lowest BCUT2D eigenvalue weighted by Gasteiger charge is -2.12. The van der Waals surface area contributed by atoms with E-state index >= 15 is 0 Å². The summed E-state index contributed by atoms with van der Waals surface area (Å²) in [7, 11) is -2.28. The highest BCUT2D eigenvalue weighted by Crippen LogP contribution is 2.21. The fourth-order valence-corrected chi connectivity index (χ4v) is 2.94. The Kier molecular flexibility index (Phi) is 4.72. The summed E-state index contributed by atoms with van der Waals surface area (Å²) in [6, 6.07) is 3.58. The molecule has 18 heavy (non-hydrogen) atoms. The van der Waals surface area contributed by atoms with Gasteiger partial charge in [0.1, 0.15) is 5.75 Å². The van der Waals surface area contributed by atoms with E-state index in [1.807, 2.05) is 0 Å². The van der Waals surface area contributed by atoms with Crippen molar-refractivity contribution in [1.29, 1.82) is 0 Å². The van der Waals surface area contributed by atoms with Gasteiger partial charge in [-0.25, -0.2) is 8.42 Å². The molecule has 1 rings (SSSR count). The molecule has 0 aliphatic rings. The molecule has 1 N–H and O–H groups in total. The van der Waals surface area contributed by atoms with E-state index in [0.717, 1.165) is 0 Å². The summed E-state index contributed by atoms with van der Waals surface area (Å²) in [5, 5.41) is -0.760. The van der Waals surface area contributed by atoms with E-state index in [1.165, 1.54) is 26.2 Å². The summed E-state index contributed by atoms with van der Waals surface area (Å²) in [6.45, 7) is 3.02. The second-order valence-electron chi connectivity index (χ2n) is 3.78. The van der Waals surface area contributed by atoms with Crippen LogP contribution in [-0.2, 0) is 14.8 Å². The molecule has 1 aromatic rings. The number of aryl methyl sites for hydroxylation is 1. The summed E-state index contributed by atoms with van der Waals surface area (Å²) in [5.74, 6) is 0.563. The Hall–Kier alpha value is -1.11. The number of sulfonamides is 1. The number of rotatable bonds is 5. The minimum Gasteiger partial charge on any atom is -0.497 e. The number of nitrogens with one attached hydrogen (secondary N) is 1. The molecule has 0 aliphatic heterocycles. The van der Waals surface area contributed by atoms with Gasteiger partial charge in [0.15, 0.2) is 0 Å². The SMILES string of the molecule is COc1ccc(S(=O)(=O)NC(C)C(=O)Cl)c(C)c1. The second-order valence-corrected chi connectivity index (χ2v) is 5.83. The Morgan fingerprint density at radius 2 is 2.06 bits per heavy atom. The molecular weight excluding hydrogens is 278 g/mol. The summed E-state index contributed by atoms with van der Waals surface area (Å²) in [5.41, 5.74) is 0.524. The van der Waals surface area contributed by atoms with Crippen molar-refractivity contribution < 1.29 is 17.9 Å². The van der Waals surface area contributed by atoms with Gasteiger partial charge < -0.3 is 4.74 Å². The van der Waals surface area contributed by atoms with Gasteiger partial charge in [-0.1, -0.05) is 0 Å². The number of benzene rings is 1. The van der Waals surface area contributed by atoms with Crippen molar-refractivity contribution in [2.45, 2.75) is 24.8 Å². The number of hydrogen-bond donors (Lipinski definition) is 1. The summed E-state index contributed by atoms with van der Waals surface area (Å²) < 4.78 is 31.2. The maximum Gasteiger partial charge on any atom is 0.241 e. The normalized spacial score (nSPS) is 13.1. The van der Waals surface area contributed by atoms with Crippen LogP contribution in [0, 0.1) is 6.92 Å². The fourth-order valence-electron chi connectivity index (χ4n) is 1.39. The smallest absolute Gasteiger partial charge is 0.241 e. The van der Waals surface area contributed by atoms with Crippen molar-refractivity contribution in [2.75, 3.05) is 7.11 Å². The number of ether oxygens (including phenoxy) is 1. The quantitative estimate of drug-likeness (QED) is 0.833. The lowest BCUT2D eigenvalue weighted by molar-refractivity contribution is -0.112. The zero-order valence-corrected chi connectivity index (χ0v) is 11.8. The Morgan fingerprint density at radius 3 is 2.50 bits per heavy atom. The van der Waals surface area contributed by atoms with Gasteiger partial charge in [0.25, 0.3) is 0 Å². The first-order valence-electron chi connectivity index (χ1n) is 5.14. The van der Waals surface area contributed by atoms with E-state index in [4.69, 9.17) is 16.3 Å². The van der Waals surface area contributed by atoms with E-state index in [-0.39, 0.29) is 4.90 Å². The van der Waals surface area contributed by atoms with Gasteiger partial charge in [-0.15, -0.1) is 0 Å². The van der Waals surface area contributed by atoms with Crippen molar-refractivity contribution in [3.63, 3.8) is 0 Å². The third kappa shape index (κ3) is 3.44. The van der Waals surface area contributed by atoms with Gasteiger partial charge in [0, 0.05) is 0 Å². The number of hydrogen-bond acceptors (Lipinski definition) is 4. The monoisotopic (exact) mass is 291 g/mol. The van der Waals surface area contributed by atoms with Crippen LogP contribution in [0.2, 0.25) is 0 Å². The average molecular weight is 292 g/mol. The van der Waals surface area contributed by atoms with Gasteiger partial charge in [0.2, 0.25) is 15.3 Å². The maximum absolute atomic E-state index is 12.0. The number of halogens is 1. The molecule has 7 heteroatoms. The van der Waals surface area contributed by atoms with Crippen molar-refractivity contribution in [1.82, 2.24) is 4.72 Å². The molecule has 0 aromatic heterocycles. The third-order valence-electron chi connectivity index (χ3n) is 2.34. The van der Waals surface area contributed by atoms with E-state index in [0.29, 0.717) is 11.3 Å². The Morgan fingerprint density at radius 1 is 1.44 bits per heavy atom. The molecule has 1 atom stereocenters. The van der Waals surface area contributed by atoms with Crippen LogP contribution in [0.5, 0.6) is 5.75 Å². The van der Waals surface area contributed by atoms with Crippen LogP contribution in [0.3, 0.4) is 0 Å². The summed E-state index contributed by atoms with van der Waals surface area (Å²) in [4.78, 5) is 10.9. The van der Waals surface area contributed by atoms with E-state index in [1.54, 1.807) is 13.0 Å². The Labute approximate surface area is 111 Å². The summed E-state index contributed by atoms with van der Waals surface area (Å²) in [6.07, 6.45) is 0. The molecule has 0 radical (unpaired) electrons. The molecule has 1 unspecified atom stereocenters. The number of carbonyl (C=O) groups is 1. The Balaban J connectivity index is 3.09. The Bertz CT molecular complexity index is 556. The van der Waals surface area contributed by atoms with Crippen molar-refractivity contribution in [3.05, 3.63) is 23.8 Å². The molecule has 0 saturated carbocycles. The highest BCUT2D eigenvalue weighted by Gasteiger charge is 2.22. The molecule has 0 heterocycles. The first kappa shape index (κ1) is 14.9. The van der Waals surface area contributed by atoms with E-state index in [2.05, 4.69) is 4.72 Å². The minimum absolute atomic E-state index is 0.0908. The molecule has 0 bridgehead atoms. The predicted molar refractivity (Wildman–Crippen MR) is 68.4 cm³/mol. The van der Waals surface area contributed by atoms with Crippen molar-refractivity contribution >= 4 is 26.9 Å². The maximum atomic E-state index is 12.0. The molecule has 1 aromatic carbocycles. The molecular formula is C11H14ClNO4S. The molecule has 5 nitrogen and oxygen atoms in total. The van der Waals surface area contributed by atoms with Crippen molar-refractivity contribution in [3.8, 4) is 5.75 Å². The average Bonchev–Trinajstić information content (AvgIpc) is 2.27. The molecule has 0 fully saturated rings. The first-order chi connectivity index (χ1) is 8.27. The second kappa shape index (κ2) is 5.69. The number of carbonyl (C=O) groups excluding carboxylic acids is 1. The largest absolute Gasteiger partial charge is 0.497 e. The van der Waals surface area contributed by atoms with Crippen LogP contribution in [0.4, 0.5) is 0 Å². The number of methoxy groups -OCH3 is 1. The lowest BCUT2D eigenvalue weighted by Crippen LogP contribution is -2.36. The van der Waals surface area contributed by atoms with E-state index in [9.17, 15) is 13.2 Å². The standard InChI is InChI=1S/C11H14ClNO4S/c1-7-6-9(17-3)4-5-10(7)18(15,16)13-8(2)11(12)14/h4-6,8,13H,1-3H3. The van der Waals surface area contributed by atoms with Gasteiger partial charge >= 0.3 is 0 Å². The van der Waals surface area contributed by atoms with Crippen LogP contribution in [0.1, 0.15) is 12.5 Å². The van der Waals surface area contributed by atoms with Crippen LogP contribution in [0.25, 0.3) is 0 Å². The van der Waals surface area contributed by atoms with Gasteiger partial charge in [-0.3, -0.25) is 4.79 Å². The van der Waals surface area contributed by atoms with Gasteiger partial charge in [-0.2, -0.15) is 4.72 Å². The predicted octanol–water partition coefficient (Wildman–Crippen LogP) is 1.44.